The van der Waals surface area contributed by atoms with Gasteiger partial charge in [0.15, 0.2) is 0 Å². The summed E-state index contributed by atoms with van der Waals surface area (Å²) in [5.41, 5.74) is 6.54. The van der Waals surface area contributed by atoms with Crippen molar-refractivity contribution in [2.75, 3.05) is 27.4 Å². The second kappa shape index (κ2) is 17.2. The molecule has 0 N–H and O–H groups in total. The summed E-state index contributed by atoms with van der Waals surface area (Å²) in [6.45, 7) is 3.95. The highest BCUT2D eigenvalue weighted by Crippen LogP contribution is 2.37. The Kier molecular flexibility index (Phi) is 13.3. The number of benzene rings is 4. The Balaban J connectivity index is 1.73. The molecule has 0 bridgehead atoms. The van der Waals surface area contributed by atoms with Gasteiger partial charge in [-0.05, 0) is 85.0 Å². The van der Waals surface area contributed by atoms with Gasteiger partial charge in [-0.15, -0.1) is 0 Å². The summed E-state index contributed by atoms with van der Waals surface area (Å²) in [6, 6.07) is 26.0. The number of rotatable bonds is 16. The van der Waals surface area contributed by atoms with Gasteiger partial charge in [0.1, 0.15) is 11.5 Å². The lowest BCUT2D eigenvalue weighted by Gasteiger charge is -2.22. The van der Waals surface area contributed by atoms with Crippen molar-refractivity contribution in [3.8, 4) is 11.5 Å². The molecule has 4 aromatic carbocycles. The van der Waals surface area contributed by atoms with Crippen LogP contribution in [-0.4, -0.2) is 39.8 Å². The first-order chi connectivity index (χ1) is 23.2. The number of methoxy groups -OCH3 is 2. The fraction of sp³-hybridized carbons (Fsp3) is 0.400. The van der Waals surface area contributed by atoms with Gasteiger partial charge in [-0.25, -0.2) is 0 Å². The van der Waals surface area contributed by atoms with Gasteiger partial charge in [0, 0.05) is 40.3 Å². The summed E-state index contributed by atoms with van der Waals surface area (Å²) in [5, 5.41) is 0. The van der Waals surface area contributed by atoms with E-state index < -0.39 is 24.2 Å². The molecule has 9 heteroatoms. The van der Waals surface area contributed by atoms with Crippen LogP contribution in [-0.2, 0) is 35.2 Å². The van der Waals surface area contributed by atoms with Crippen molar-refractivity contribution in [2.45, 2.75) is 64.7 Å². The minimum absolute atomic E-state index is 0.00253. The molecule has 0 aliphatic rings. The summed E-state index contributed by atoms with van der Waals surface area (Å²) in [4.78, 5) is 0. The first-order valence-corrected chi connectivity index (χ1v) is 16.4. The third kappa shape index (κ3) is 11.6. The van der Waals surface area contributed by atoms with Gasteiger partial charge in [-0.3, -0.25) is 0 Å². The van der Waals surface area contributed by atoms with E-state index in [1.165, 1.54) is 14.2 Å². The van der Waals surface area contributed by atoms with Crippen LogP contribution in [0.4, 0.5) is 26.3 Å². The van der Waals surface area contributed by atoms with Crippen molar-refractivity contribution in [3.05, 3.63) is 129 Å². The Hall–Kier alpha value is -3.82. The highest BCUT2D eigenvalue weighted by Gasteiger charge is 2.40. The molecule has 2 unspecified atom stereocenters. The van der Waals surface area contributed by atoms with Crippen LogP contribution in [0, 0.1) is 25.7 Å². The van der Waals surface area contributed by atoms with Crippen molar-refractivity contribution < 1.29 is 40.6 Å². The second-order valence-corrected chi connectivity index (χ2v) is 12.8. The molecule has 0 saturated heterocycles. The number of halogens is 6. The van der Waals surface area contributed by atoms with E-state index in [1.54, 1.807) is 36.4 Å². The third-order valence-corrected chi connectivity index (χ3v) is 8.73. The lowest BCUT2D eigenvalue weighted by molar-refractivity contribution is -0.179. The minimum Gasteiger partial charge on any atom is -0.457 e. The molecule has 0 aliphatic heterocycles. The maximum Gasteiger partial charge on any atom is 0.392 e. The van der Waals surface area contributed by atoms with E-state index in [0.717, 1.165) is 22.3 Å². The molecular weight excluding hydrogens is 642 g/mol. The van der Waals surface area contributed by atoms with Crippen LogP contribution in [0.3, 0.4) is 0 Å². The van der Waals surface area contributed by atoms with Crippen molar-refractivity contribution in [1.29, 1.82) is 0 Å². The van der Waals surface area contributed by atoms with Crippen LogP contribution < -0.4 is 4.74 Å². The van der Waals surface area contributed by atoms with E-state index in [-0.39, 0.29) is 38.9 Å². The summed E-state index contributed by atoms with van der Waals surface area (Å²) < 4.78 is 99.9. The van der Waals surface area contributed by atoms with Crippen LogP contribution in [0.25, 0.3) is 0 Å². The zero-order valence-corrected chi connectivity index (χ0v) is 28.4. The highest BCUT2D eigenvalue weighted by molar-refractivity contribution is 5.47. The van der Waals surface area contributed by atoms with Crippen molar-refractivity contribution >= 4 is 0 Å². The Morgan fingerprint density at radius 3 is 1.18 bits per heavy atom. The average molecular weight is 687 g/mol. The predicted octanol–water partition coefficient (Wildman–Crippen LogP) is 10.8. The number of aryl methyl sites for hydroxylation is 2. The molecule has 2 atom stereocenters. The first kappa shape index (κ1) is 38.0. The largest absolute Gasteiger partial charge is 0.457 e. The molecule has 0 radical (unpaired) electrons. The molecule has 0 spiro atoms. The average Bonchev–Trinajstić information content (AvgIpc) is 3.04. The predicted molar refractivity (Wildman–Crippen MR) is 180 cm³/mol. The van der Waals surface area contributed by atoms with Gasteiger partial charge in [0.25, 0.3) is 0 Å². The lowest BCUT2D eigenvalue weighted by Crippen LogP contribution is -2.26. The molecule has 49 heavy (non-hydrogen) atoms. The molecule has 4 aromatic rings. The normalized spacial score (nSPS) is 13.3. The summed E-state index contributed by atoms with van der Waals surface area (Å²) in [7, 11) is 2.77. The third-order valence-electron chi connectivity index (χ3n) is 8.73. The molecule has 4 rings (SSSR count). The van der Waals surface area contributed by atoms with Gasteiger partial charge in [0.2, 0.25) is 0 Å². The smallest absolute Gasteiger partial charge is 0.392 e. The van der Waals surface area contributed by atoms with Crippen molar-refractivity contribution in [3.63, 3.8) is 0 Å². The maximum absolute atomic E-state index is 13.9. The lowest BCUT2D eigenvalue weighted by atomic mass is 9.92. The molecular formula is C40H44F6O3. The quantitative estimate of drug-likeness (QED) is 0.110. The monoisotopic (exact) mass is 686 g/mol. The molecule has 3 nitrogen and oxygen atoms in total. The zero-order valence-electron chi connectivity index (χ0n) is 28.4. The molecule has 0 saturated carbocycles. The van der Waals surface area contributed by atoms with E-state index in [1.807, 2.05) is 62.4 Å². The topological polar surface area (TPSA) is 27.7 Å². The SMILES string of the molecule is COCCC(Cc1ccc(Oc2ccc(CC(CCOC)C(F)(F)F)cc2Cc2ccc(C)cc2)c(Cc2ccc(C)cc2)c1)C(F)(F)F. The van der Waals surface area contributed by atoms with E-state index in [2.05, 4.69) is 0 Å². The van der Waals surface area contributed by atoms with Crippen LogP contribution in [0.2, 0.25) is 0 Å². The fourth-order valence-electron chi connectivity index (χ4n) is 5.82. The maximum atomic E-state index is 13.9. The molecule has 0 aromatic heterocycles. The van der Waals surface area contributed by atoms with E-state index >= 15 is 0 Å². The summed E-state index contributed by atoms with van der Waals surface area (Å²) in [5.74, 6) is -2.19. The Morgan fingerprint density at radius 1 is 0.510 bits per heavy atom. The first-order valence-electron chi connectivity index (χ1n) is 16.4. The number of alkyl halides is 6. The van der Waals surface area contributed by atoms with Gasteiger partial charge < -0.3 is 14.2 Å². The van der Waals surface area contributed by atoms with E-state index in [9.17, 15) is 26.3 Å². The molecule has 0 amide bonds. The van der Waals surface area contributed by atoms with Crippen LogP contribution >= 0.6 is 0 Å². The van der Waals surface area contributed by atoms with Gasteiger partial charge in [-0.2, -0.15) is 26.3 Å². The molecule has 0 fully saturated rings. The van der Waals surface area contributed by atoms with Crippen LogP contribution in [0.5, 0.6) is 11.5 Å². The minimum atomic E-state index is -4.38. The summed E-state index contributed by atoms with van der Waals surface area (Å²) in [6.07, 6.45) is -8.65. The Morgan fingerprint density at radius 2 is 0.857 bits per heavy atom. The van der Waals surface area contributed by atoms with Crippen molar-refractivity contribution in [2.24, 2.45) is 11.8 Å². The van der Waals surface area contributed by atoms with Gasteiger partial charge >= 0.3 is 12.4 Å². The summed E-state index contributed by atoms with van der Waals surface area (Å²) >= 11 is 0. The van der Waals surface area contributed by atoms with Crippen LogP contribution in [0.15, 0.2) is 84.9 Å². The second-order valence-electron chi connectivity index (χ2n) is 12.8. The van der Waals surface area contributed by atoms with E-state index in [0.29, 0.717) is 46.6 Å². The number of hydrogen-bond donors (Lipinski definition) is 0. The van der Waals surface area contributed by atoms with Crippen LogP contribution in [0.1, 0.15) is 57.3 Å². The van der Waals surface area contributed by atoms with Crippen molar-refractivity contribution in [1.82, 2.24) is 0 Å². The standard InChI is InChI=1S/C40H44F6O3/c1-27-5-9-29(10-6-27)21-33-23-31(25-35(17-19-47-3)39(41,42)43)13-15-37(33)49-38-16-14-32(26-36(18-20-48-4)40(44,45)46)24-34(38)22-30-11-7-28(2)8-12-30/h5-16,23-24,35-36H,17-22,25-26H2,1-4H3. The van der Waals surface area contributed by atoms with E-state index in [4.69, 9.17) is 14.2 Å². The van der Waals surface area contributed by atoms with Gasteiger partial charge in [-0.1, -0.05) is 83.9 Å². The molecule has 0 heterocycles. The fourth-order valence-corrected chi connectivity index (χ4v) is 5.82. The number of hydrogen-bond acceptors (Lipinski definition) is 3. The molecule has 0 aliphatic carbocycles. The Labute approximate surface area is 285 Å². The highest BCUT2D eigenvalue weighted by atomic mass is 19.4. The van der Waals surface area contributed by atoms with Gasteiger partial charge in [0.05, 0.1) is 11.8 Å². The molecule has 264 valence electrons. The number of ether oxygens (including phenoxy) is 3. The zero-order chi connectivity index (χ0) is 35.6. The Bertz CT molecular complexity index is 1490.